The fraction of sp³-hybridized carbons (Fsp3) is 0.217. The molecule has 0 bridgehead atoms. The van der Waals surface area contributed by atoms with Crippen molar-refractivity contribution in [2.24, 2.45) is 4.99 Å². The fourth-order valence-electron chi connectivity index (χ4n) is 3.80. The SMILES string of the molecule is N#CC(C(=O)NC1CCCC1)=C1N=C(NC(=O)c2ccc(Cl)cc2Cl)c2ccccc21. The number of hydrogen-bond acceptors (Lipinski definition) is 4. The number of amides is 2. The second-order valence-electron chi connectivity index (χ2n) is 7.37. The van der Waals surface area contributed by atoms with E-state index in [0.29, 0.717) is 16.1 Å². The number of carbonyl (C=O) groups is 2. The van der Waals surface area contributed by atoms with Crippen LogP contribution in [0.2, 0.25) is 10.0 Å². The van der Waals surface area contributed by atoms with Gasteiger partial charge in [0.15, 0.2) is 0 Å². The molecule has 156 valence electrons. The summed E-state index contributed by atoms with van der Waals surface area (Å²) in [5.41, 5.74) is 1.64. The Labute approximate surface area is 189 Å². The van der Waals surface area contributed by atoms with E-state index in [1.807, 2.05) is 6.07 Å². The Morgan fingerprint density at radius 1 is 1.06 bits per heavy atom. The highest BCUT2D eigenvalue weighted by Gasteiger charge is 2.29. The number of hydrogen-bond donors (Lipinski definition) is 2. The number of halogens is 2. The summed E-state index contributed by atoms with van der Waals surface area (Å²) in [5.74, 6) is -0.662. The molecule has 4 rings (SSSR count). The van der Waals surface area contributed by atoms with Gasteiger partial charge in [0.25, 0.3) is 11.8 Å². The highest BCUT2D eigenvalue weighted by molar-refractivity contribution is 6.37. The van der Waals surface area contributed by atoms with Gasteiger partial charge in [0.1, 0.15) is 17.5 Å². The molecule has 1 heterocycles. The van der Waals surface area contributed by atoms with Gasteiger partial charge in [-0.25, -0.2) is 4.99 Å². The third kappa shape index (κ3) is 4.34. The van der Waals surface area contributed by atoms with Crippen molar-refractivity contribution in [3.8, 4) is 6.07 Å². The molecule has 1 saturated carbocycles. The van der Waals surface area contributed by atoms with Crippen LogP contribution in [0.3, 0.4) is 0 Å². The molecular weight excluding hydrogens is 435 g/mol. The summed E-state index contributed by atoms with van der Waals surface area (Å²) in [6.07, 6.45) is 3.94. The largest absolute Gasteiger partial charge is 0.349 e. The lowest BCUT2D eigenvalue weighted by molar-refractivity contribution is -0.117. The normalized spacial score (nSPS) is 16.9. The molecule has 1 fully saturated rings. The molecule has 0 saturated heterocycles. The molecule has 2 aromatic carbocycles. The first-order chi connectivity index (χ1) is 15.0. The van der Waals surface area contributed by atoms with Crippen LogP contribution < -0.4 is 10.6 Å². The minimum absolute atomic E-state index is 0.0725. The molecule has 1 aliphatic carbocycles. The Morgan fingerprint density at radius 3 is 2.45 bits per heavy atom. The minimum atomic E-state index is -0.467. The summed E-state index contributed by atoms with van der Waals surface area (Å²) in [4.78, 5) is 30.0. The monoisotopic (exact) mass is 452 g/mol. The zero-order valence-electron chi connectivity index (χ0n) is 16.4. The van der Waals surface area contributed by atoms with Gasteiger partial charge in [0.05, 0.1) is 16.3 Å². The second kappa shape index (κ2) is 8.93. The maximum absolute atomic E-state index is 12.8. The molecular formula is C23H18Cl2N4O2. The second-order valence-corrected chi connectivity index (χ2v) is 8.22. The van der Waals surface area contributed by atoms with E-state index >= 15 is 0 Å². The van der Waals surface area contributed by atoms with E-state index in [4.69, 9.17) is 23.2 Å². The lowest BCUT2D eigenvalue weighted by Gasteiger charge is -2.11. The van der Waals surface area contributed by atoms with Crippen LogP contribution in [0.4, 0.5) is 0 Å². The van der Waals surface area contributed by atoms with Gasteiger partial charge < -0.3 is 10.6 Å². The number of carbonyl (C=O) groups excluding carboxylic acids is 2. The van der Waals surface area contributed by atoms with Gasteiger partial charge in [-0.15, -0.1) is 0 Å². The Bertz CT molecular complexity index is 1170. The predicted octanol–water partition coefficient (Wildman–Crippen LogP) is 4.48. The Morgan fingerprint density at radius 2 is 1.77 bits per heavy atom. The van der Waals surface area contributed by atoms with Crippen LogP contribution in [-0.2, 0) is 4.79 Å². The summed E-state index contributed by atoms with van der Waals surface area (Å²) in [6, 6.07) is 13.8. The van der Waals surface area contributed by atoms with Crippen LogP contribution in [0.15, 0.2) is 53.0 Å². The van der Waals surface area contributed by atoms with Crippen LogP contribution in [0.1, 0.15) is 47.2 Å². The molecule has 8 heteroatoms. The number of rotatable bonds is 3. The summed E-state index contributed by atoms with van der Waals surface area (Å²) >= 11 is 12.0. The van der Waals surface area contributed by atoms with Gasteiger partial charge in [-0.3, -0.25) is 9.59 Å². The molecule has 2 aliphatic rings. The molecule has 0 aromatic heterocycles. The van der Waals surface area contributed by atoms with Crippen LogP contribution in [-0.4, -0.2) is 23.7 Å². The van der Waals surface area contributed by atoms with E-state index in [-0.39, 0.29) is 33.7 Å². The molecule has 2 N–H and O–H groups in total. The van der Waals surface area contributed by atoms with Gasteiger partial charge in [-0.1, -0.05) is 60.3 Å². The van der Waals surface area contributed by atoms with Crippen molar-refractivity contribution < 1.29 is 9.59 Å². The molecule has 0 atom stereocenters. The average Bonchev–Trinajstić information content (AvgIpc) is 3.37. The van der Waals surface area contributed by atoms with Crippen molar-refractivity contribution in [2.75, 3.05) is 0 Å². The summed E-state index contributed by atoms with van der Waals surface area (Å²) in [7, 11) is 0. The Hall–Kier alpha value is -3.14. The first-order valence-electron chi connectivity index (χ1n) is 9.88. The molecule has 0 unspecified atom stereocenters. The number of nitriles is 1. The van der Waals surface area contributed by atoms with Crippen LogP contribution in [0.5, 0.6) is 0 Å². The van der Waals surface area contributed by atoms with E-state index in [0.717, 1.165) is 25.7 Å². The van der Waals surface area contributed by atoms with Crippen LogP contribution >= 0.6 is 23.2 Å². The van der Waals surface area contributed by atoms with E-state index in [1.165, 1.54) is 12.1 Å². The van der Waals surface area contributed by atoms with Crippen molar-refractivity contribution in [3.05, 3.63) is 74.8 Å². The maximum atomic E-state index is 12.8. The van der Waals surface area contributed by atoms with Crippen LogP contribution in [0.25, 0.3) is 5.70 Å². The van der Waals surface area contributed by atoms with Gasteiger partial charge in [0, 0.05) is 22.2 Å². The lowest BCUT2D eigenvalue weighted by atomic mass is 10.0. The summed E-state index contributed by atoms with van der Waals surface area (Å²) in [5, 5.41) is 16.0. The number of nitrogens with one attached hydrogen (secondary N) is 2. The number of aliphatic imine (C=N–C) groups is 1. The van der Waals surface area contributed by atoms with Crippen molar-refractivity contribution in [3.63, 3.8) is 0 Å². The first kappa shape index (κ1) is 21.1. The third-order valence-electron chi connectivity index (χ3n) is 5.33. The predicted molar refractivity (Wildman–Crippen MR) is 120 cm³/mol. The molecule has 1 aliphatic heterocycles. The van der Waals surface area contributed by atoms with Crippen molar-refractivity contribution in [1.29, 1.82) is 5.26 Å². The molecule has 6 nitrogen and oxygen atoms in total. The number of benzene rings is 2. The van der Waals surface area contributed by atoms with Crippen molar-refractivity contribution in [2.45, 2.75) is 31.7 Å². The quantitative estimate of drug-likeness (QED) is 0.530. The fourth-order valence-corrected chi connectivity index (χ4v) is 4.30. The zero-order valence-corrected chi connectivity index (χ0v) is 17.9. The Balaban J connectivity index is 1.67. The van der Waals surface area contributed by atoms with Gasteiger partial charge in [0.2, 0.25) is 0 Å². The molecule has 0 radical (unpaired) electrons. The topological polar surface area (TPSA) is 94.3 Å². The van der Waals surface area contributed by atoms with Gasteiger partial charge in [-0.05, 0) is 31.0 Å². The summed E-state index contributed by atoms with van der Waals surface area (Å²) < 4.78 is 0. The Kier molecular flexibility index (Phi) is 6.08. The first-order valence-corrected chi connectivity index (χ1v) is 10.6. The third-order valence-corrected chi connectivity index (χ3v) is 5.88. The van der Waals surface area contributed by atoms with E-state index in [1.54, 1.807) is 30.3 Å². The highest BCUT2D eigenvalue weighted by Crippen LogP contribution is 2.31. The minimum Gasteiger partial charge on any atom is -0.349 e. The van der Waals surface area contributed by atoms with Gasteiger partial charge >= 0.3 is 0 Å². The number of fused-ring (bicyclic) bond motifs is 1. The van der Waals surface area contributed by atoms with E-state index in [2.05, 4.69) is 15.6 Å². The lowest BCUT2D eigenvalue weighted by Crippen LogP contribution is -2.33. The number of amidine groups is 1. The molecule has 31 heavy (non-hydrogen) atoms. The van der Waals surface area contributed by atoms with Crippen molar-refractivity contribution in [1.82, 2.24) is 10.6 Å². The van der Waals surface area contributed by atoms with E-state index < -0.39 is 11.8 Å². The van der Waals surface area contributed by atoms with Gasteiger partial charge in [-0.2, -0.15) is 5.26 Å². The van der Waals surface area contributed by atoms with Crippen LogP contribution in [0, 0.1) is 11.3 Å². The molecule has 0 spiro atoms. The standard InChI is InChI=1S/C23H18Cl2N4O2/c24-13-9-10-17(19(25)11-13)22(30)29-21-16-8-4-3-7-15(16)20(28-21)18(12-26)23(31)27-14-5-1-2-6-14/h3-4,7-11,14H,1-2,5-6H2,(H,27,31)(H,28,29,30). The number of nitrogens with zero attached hydrogens (tertiary/aromatic N) is 2. The maximum Gasteiger partial charge on any atom is 0.264 e. The van der Waals surface area contributed by atoms with Crippen molar-refractivity contribution >= 4 is 46.5 Å². The zero-order chi connectivity index (χ0) is 22.0. The highest BCUT2D eigenvalue weighted by atomic mass is 35.5. The van der Waals surface area contributed by atoms with E-state index in [9.17, 15) is 14.9 Å². The molecule has 2 amide bonds. The molecule has 2 aromatic rings. The summed E-state index contributed by atoms with van der Waals surface area (Å²) in [6.45, 7) is 0. The smallest absolute Gasteiger partial charge is 0.264 e. The average molecular weight is 453 g/mol.